The number of Topliss-reactive ketones (excluding diaryl/α,β-unsaturated/α-hetero) is 1. The zero-order valence-electron chi connectivity index (χ0n) is 7.89. The third-order valence-electron chi connectivity index (χ3n) is 3.24. The summed E-state index contributed by atoms with van der Waals surface area (Å²) < 4.78 is 0. The van der Waals surface area contributed by atoms with Crippen LogP contribution in [0.1, 0.15) is 26.7 Å². The van der Waals surface area contributed by atoms with E-state index in [0.29, 0.717) is 12.3 Å². The summed E-state index contributed by atoms with van der Waals surface area (Å²) in [6, 6.07) is 0. The molecule has 0 radical (unpaired) electrons. The Morgan fingerprint density at radius 1 is 1.67 bits per heavy atom. The highest BCUT2D eigenvalue weighted by molar-refractivity contribution is 5.97. The second kappa shape index (κ2) is 2.89. The van der Waals surface area contributed by atoms with Gasteiger partial charge in [0, 0.05) is 11.8 Å². The first-order valence-corrected chi connectivity index (χ1v) is 4.38. The number of hydrogen-bond donors (Lipinski definition) is 0. The van der Waals surface area contributed by atoms with E-state index < -0.39 is 0 Å². The van der Waals surface area contributed by atoms with Crippen molar-refractivity contribution >= 4 is 5.78 Å². The first kappa shape index (κ1) is 9.24. The number of ketones is 1. The van der Waals surface area contributed by atoms with Crippen LogP contribution in [0.15, 0.2) is 24.8 Å². The molecule has 0 aromatic carbocycles. The van der Waals surface area contributed by atoms with Crippen LogP contribution in [0.3, 0.4) is 0 Å². The number of rotatable bonds is 1. The highest BCUT2D eigenvalue weighted by atomic mass is 16.1. The molecule has 0 aromatic heterocycles. The second-order valence-corrected chi connectivity index (χ2v) is 3.83. The number of allylic oxidation sites excluding steroid dienone is 2. The third-order valence-corrected chi connectivity index (χ3v) is 3.24. The molecule has 2 atom stereocenters. The summed E-state index contributed by atoms with van der Waals surface area (Å²) in [5.41, 5.74) is 0.561. The molecule has 1 rings (SSSR count). The van der Waals surface area contributed by atoms with Gasteiger partial charge in [-0.1, -0.05) is 26.5 Å². The molecule has 0 bridgehead atoms. The van der Waals surface area contributed by atoms with E-state index in [1.165, 1.54) is 0 Å². The van der Waals surface area contributed by atoms with Crippen molar-refractivity contribution in [2.75, 3.05) is 0 Å². The summed E-state index contributed by atoms with van der Waals surface area (Å²) in [5, 5.41) is 0. The lowest BCUT2D eigenvalue weighted by Gasteiger charge is -2.38. The highest BCUT2D eigenvalue weighted by Crippen LogP contribution is 2.42. The molecule has 66 valence electrons. The number of hydrogen-bond acceptors (Lipinski definition) is 1. The smallest absolute Gasteiger partial charge is 0.159 e. The minimum atomic E-state index is -0.171. The van der Waals surface area contributed by atoms with Crippen molar-refractivity contribution in [3.05, 3.63) is 24.8 Å². The monoisotopic (exact) mass is 164 g/mol. The highest BCUT2D eigenvalue weighted by Gasteiger charge is 2.37. The van der Waals surface area contributed by atoms with Crippen LogP contribution in [0, 0.1) is 11.3 Å². The summed E-state index contributed by atoms with van der Waals surface area (Å²) in [6.07, 6.45) is 3.47. The van der Waals surface area contributed by atoms with E-state index >= 15 is 0 Å². The quantitative estimate of drug-likeness (QED) is 0.430. The predicted octanol–water partition coefficient (Wildman–Crippen LogP) is 2.73. The fraction of sp³-hybridized carbons (Fsp3) is 0.545. The minimum Gasteiger partial charge on any atom is -0.295 e. The Kier molecular flexibility index (Phi) is 2.22. The molecule has 1 saturated carbocycles. The molecule has 0 aliphatic heterocycles. The molecule has 0 N–H and O–H groups in total. The van der Waals surface area contributed by atoms with E-state index in [2.05, 4.69) is 20.1 Å². The maximum absolute atomic E-state index is 11.4. The Morgan fingerprint density at radius 2 is 2.25 bits per heavy atom. The lowest BCUT2D eigenvalue weighted by molar-refractivity contribution is -0.118. The molecule has 0 spiro atoms. The maximum Gasteiger partial charge on any atom is 0.159 e. The van der Waals surface area contributed by atoms with Crippen LogP contribution >= 0.6 is 0 Å². The minimum absolute atomic E-state index is 0.171. The maximum atomic E-state index is 11.4. The molecule has 1 fully saturated rings. The van der Waals surface area contributed by atoms with Gasteiger partial charge in [0.05, 0.1) is 0 Å². The molecule has 1 aliphatic carbocycles. The largest absolute Gasteiger partial charge is 0.295 e. The molecule has 1 aliphatic rings. The van der Waals surface area contributed by atoms with Gasteiger partial charge < -0.3 is 0 Å². The standard InChI is InChI=1S/C11H16O/c1-5-11(4)8(2)6-7-10(12)9(11)3/h5,8H,1,3,6-7H2,2,4H3/t8-,11+/m0/s1. The fourth-order valence-corrected chi connectivity index (χ4v) is 1.72. The summed E-state index contributed by atoms with van der Waals surface area (Å²) >= 11 is 0. The van der Waals surface area contributed by atoms with Gasteiger partial charge in [0.15, 0.2) is 5.78 Å². The first-order valence-electron chi connectivity index (χ1n) is 4.38. The van der Waals surface area contributed by atoms with Gasteiger partial charge in [-0.25, -0.2) is 0 Å². The average molecular weight is 164 g/mol. The summed E-state index contributed by atoms with van der Waals surface area (Å²) in [7, 11) is 0. The summed E-state index contributed by atoms with van der Waals surface area (Å²) in [6.45, 7) is 11.8. The molecular weight excluding hydrogens is 148 g/mol. The first-order chi connectivity index (χ1) is 5.52. The Labute approximate surface area is 74.2 Å². The van der Waals surface area contributed by atoms with Crippen LogP contribution in [0.4, 0.5) is 0 Å². The van der Waals surface area contributed by atoms with E-state index in [0.717, 1.165) is 12.0 Å². The SMILES string of the molecule is C=C[C@@]1(C)C(=C)C(=O)CC[C@@H]1C. The topological polar surface area (TPSA) is 17.1 Å². The second-order valence-electron chi connectivity index (χ2n) is 3.83. The van der Waals surface area contributed by atoms with Crippen molar-refractivity contribution in [1.29, 1.82) is 0 Å². The predicted molar refractivity (Wildman–Crippen MR) is 50.8 cm³/mol. The number of carbonyl (C=O) groups excluding carboxylic acids is 1. The van der Waals surface area contributed by atoms with Gasteiger partial charge in [0.2, 0.25) is 0 Å². The molecule has 0 saturated heterocycles. The van der Waals surface area contributed by atoms with Crippen molar-refractivity contribution in [2.45, 2.75) is 26.7 Å². The van der Waals surface area contributed by atoms with E-state index in [4.69, 9.17) is 0 Å². The van der Waals surface area contributed by atoms with Crippen LogP contribution in [0.25, 0.3) is 0 Å². The van der Waals surface area contributed by atoms with Crippen molar-refractivity contribution < 1.29 is 4.79 Å². The lowest BCUT2D eigenvalue weighted by Crippen LogP contribution is -2.33. The van der Waals surface area contributed by atoms with Gasteiger partial charge >= 0.3 is 0 Å². The average Bonchev–Trinajstić information content (AvgIpc) is 2.08. The van der Waals surface area contributed by atoms with E-state index in [-0.39, 0.29) is 11.2 Å². The molecule has 12 heavy (non-hydrogen) atoms. The van der Waals surface area contributed by atoms with Crippen LogP contribution in [0.2, 0.25) is 0 Å². The van der Waals surface area contributed by atoms with Gasteiger partial charge in [0.1, 0.15) is 0 Å². The van der Waals surface area contributed by atoms with E-state index in [1.807, 2.05) is 13.0 Å². The molecule has 1 nitrogen and oxygen atoms in total. The van der Waals surface area contributed by atoms with Crippen LogP contribution in [-0.4, -0.2) is 5.78 Å². The van der Waals surface area contributed by atoms with Crippen molar-refractivity contribution in [3.8, 4) is 0 Å². The molecule has 0 heterocycles. The van der Waals surface area contributed by atoms with Crippen LogP contribution in [-0.2, 0) is 4.79 Å². The van der Waals surface area contributed by atoms with Gasteiger partial charge in [-0.15, -0.1) is 6.58 Å². The van der Waals surface area contributed by atoms with Crippen LogP contribution < -0.4 is 0 Å². The van der Waals surface area contributed by atoms with Crippen LogP contribution in [0.5, 0.6) is 0 Å². The van der Waals surface area contributed by atoms with Gasteiger partial charge in [0.25, 0.3) is 0 Å². The van der Waals surface area contributed by atoms with E-state index in [1.54, 1.807) is 0 Å². The zero-order valence-corrected chi connectivity index (χ0v) is 7.89. The Hall–Kier alpha value is -0.850. The molecule has 0 unspecified atom stereocenters. The number of carbonyl (C=O) groups is 1. The van der Waals surface area contributed by atoms with Crippen molar-refractivity contribution in [3.63, 3.8) is 0 Å². The Balaban J connectivity index is 3.01. The normalized spacial score (nSPS) is 36.7. The zero-order chi connectivity index (χ0) is 9.35. The molecule has 0 aromatic rings. The lowest BCUT2D eigenvalue weighted by atomic mass is 9.65. The van der Waals surface area contributed by atoms with Gasteiger partial charge in [-0.05, 0) is 17.9 Å². The summed E-state index contributed by atoms with van der Waals surface area (Å²) in [5.74, 6) is 0.690. The Bertz CT molecular complexity index is 239. The summed E-state index contributed by atoms with van der Waals surface area (Å²) in [4.78, 5) is 11.4. The fourth-order valence-electron chi connectivity index (χ4n) is 1.72. The molecule has 0 amide bonds. The Morgan fingerprint density at radius 3 is 2.67 bits per heavy atom. The van der Waals surface area contributed by atoms with Gasteiger partial charge in [-0.2, -0.15) is 0 Å². The van der Waals surface area contributed by atoms with Crippen molar-refractivity contribution in [2.24, 2.45) is 11.3 Å². The third kappa shape index (κ3) is 1.13. The molecule has 1 heteroatoms. The van der Waals surface area contributed by atoms with Gasteiger partial charge in [-0.3, -0.25) is 4.79 Å². The molecular formula is C11H16O. The van der Waals surface area contributed by atoms with Crippen molar-refractivity contribution in [1.82, 2.24) is 0 Å². The van der Waals surface area contributed by atoms with E-state index in [9.17, 15) is 4.79 Å².